The lowest BCUT2D eigenvalue weighted by molar-refractivity contribution is -0.131. The zero-order chi connectivity index (χ0) is 16.1. The average molecular weight is 304 g/mol. The molecule has 0 radical (unpaired) electrons. The molecule has 1 atom stereocenters. The highest BCUT2D eigenvalue weighted by Gasteiger charge is 2.18. The van der Waals surface area contributed by atoms with Crippen molar-refractivity contribution < 1.29 is 4.79 Å². The third kappa shape index (κ3) is 3.85. The second kappa shape index (κ2) is 7.07. The van der Waals surface area contributed by atoms with Gasteiger partial charge in [-0.2, -0.15) is 5.26 Å². The maximum absolute atomic E-state index is 12.2. The smallest absolute Gasteiger partial charge is 0.328 e. The fourth-order valence-corrected chi connectivity index (χ4v) is 2.64. The monoisotopic (exact) mass is 304 g/mol. The minimum Gasteiger partial charge on any atom is -0.343 e. The second-order valence-electron chi connectivity index (χ2n) is 5.77. The van der Waals surface area contributed by atoms with Crippen LogP contribution in [0.3, 0.4) is 0 Å². The van der Waals surface area contributed by atoms with Crippen molar-refractivity contribution in [2.24, 2.45) is 5.92 Å². The first-order valence-corrected chi connectivity index (χ1v) is 7.53. The van der Waals surface area contributed by atoms with Gasteiger partial charge in [0, 0.05) is 32.3 Å². The van der Waals surface area contributed by atoms with Crippen molar-refractivity contribution >= 4 is 5.91 Å². The summed E-state index contributed by atoms with van der Waals surface area (Å²) >= 11 is 0. The molecule has 22 heavy (non-hydrogen) atoms. The van der Waals surface area contributed by atoms with Gasteiger partial charge in [-0.1, -0.05) is 6.92 Å². The number of hydrogen-bond donors (Lipinski definition) is 1. The van der Waals surface area contributed by atoms with Gasteiger partial charge in [0.1, 0.15) is 11.6 Å². The number of nitrogens with zero attached hydrogens (tertiary/aromatic N) is 3. The largest absolute Gasteiger partial charge is 0.343 e. The number of rotatable bonds is 3. The van der Waals surface area contributed by atoms with E-state index in [1.165, 1.54) is 10.8 Å². The molecule has 0 aliphatic carbocycles. The van der Waals surface area contributed by atoms with Gasteiger partial charge in [-0.3, -0.25) is 19.1 Å². The number of amides is 1. The van der Waals surface area contributed by atoms with Gasteiger partial charge >= 0.3 is 5.69 Å². The summed E-state index contributed by atoms with van der Waals surface area (Å²) in [6.45, 7) is 3.86. The van der Waals surface area contributed by atoms with E-state index in [1.54, 1.807) is 6.07 Å². The normalized spacial score (nSPS) is 18.5. The molecule has 1 amide bonds. The summed E-state index contributed by atoms with van der Waals surface area (Å²) in [4.78, 5) is 39.1. The van der Waals surface area contributed by atoms with Crippen LogP contribution in [-0.2, 0) is 11.3 Å². The fraction of sp³-hybridized carbons (Fsp3) is 0.600. The molecule has 1 aliphatic heterocycles. The number of nitriles is 1. The summed E-state index contributed by atoms with van der Waals surface area (Å²) < 4.78 is 1.21. The molecule has 118 valence electrons. The van der Waals surface area contributed by atoms with E-state index in [2.05, 4.69) is 11.9 Å². The number of aryl methyl sites for hydroxylation is 1. The Hall–Kier alpha value is -2.36. The molecule has 2 heterocycles. The van der Waals surface area contributed by atoms with Crippen molar-refractivity contribution in [3.8, 4) is 6.07 Å². The Morgan fingerprint density at radius 1 is 1.41 bits per heavy atom. The number of aromatic nitrogens is 2. The molecule has 7 heteroatoms. The van der Waals surface area contributed by atoms with Crippen LogP contribution in [0.25, 0.3) is 0 Å². The lowest BCUT2D eigenvalue weighted by Crippen LogP contribution is -2.35. The van der Waals surface area contributed by atoms with E-state index in [4.69, 9.17) is 5.26 Å². The summed E-state index contributed by atoms with van der Waals surface area (Å²) in [5.41, 5.74) is -1.42. The summed E-state index contributed by atoms with van der Waals surface area (Å²) in [6.07, 6.45) is 4.53. The van der Waals surface area contributed by atoms with Gasteiger partial charge < -0.3 is 4.90 Å². The molecule has 7 nitrogen and oxygen atoms in total. The number of carbonyl (C=O) groups is 1. The van der Waals surface area contributed by atoms with Gasteiger partial charge in [-0.05, 0) is 25.2 Å². The van der Waals surface area contributed by atoms with E-state index in [0.29, 0.717) is 5.92 Å². The van der Waals surface area contributed by atoms with E-state index >= 15 is 0 Å². The van der Waals surface area contributed by atoms with Crippen molar-refractivity contribution in [2.75, 3.05) is 13.1 Å². The fourth-order valence-electron chi connectivity index (χ4n) is 2.64. The molecule has 1 saturated heterocycles. The maximum Gasteiger partial charge on any atom is 0.328 e. The van der Waals surface area contributed by atoms with Crippen LogP contribution in [0.1, 0.15) is 38.2 Å². The summed E-state index contributed by atoms with van der Waals surface area (Å²) in [5, 5.41) is 8.81. The first kappa shape index (κ1) is 16.0. The van der Waals surface area contributed by atoms with Crippen LogP contribution >= 0.6 is 0 Å². The number of nitrogens with one attached hydrogen (secondary N) is 1. The van der Waals surface area contributed by atoms with E-state index < -0.39 is 11.2 Å². The summed E-state index contributed by atoms with van der Waals surface area (Å²) in [7, 11) is 0. The first-order chi connectivity index (χ1) is 10.5. The van der Waals surface area contributed by atoms with Gasteiger partial charge in [0.15, 0.2) is 0 Å². The number of hydrogen-bond acceptors (Lipinski definition) is 4. The van der Waals surface area contributed by atoms with Crippen molar-refractivity contribution in [2.45, 2.75) is 39.2 Å². The highest BCUT2D eigenvalue weighted by Crippen LogP contribution is 2.16. The lowest BCUT2D eigenvalue weighted by atomic mass is 10.0. The Morgan fingerprint density at radius 3 is 2.91 bits per heavy atom. The molecule has 0 spiro atoms. The molecule has 1 unspecified atom stereocenters. The van der Waals surface area contributed by atoms with Crippen molar-refractivity contribution in [1.82, 2.24) is 14.5 Å². The van der Waals surface area contributed by atoms with Gasteiger partial charge in [0.2, 0.25) is 5.91 Å². The molecule has 2 rings (SSSR count). The molecule has 0 bridgehead atoms. The molecule has 0 saturated carbocycles. The minimum atomic E-state index is -0.698. The summed E-state index contributed by atoms with van der Waals surface area (Å²) in [6, 6.07) is 1.73. The van der Waals surface area contributed by atoms with Crippen molar-refractivity contribution in [3.05, 3.63) is 32.6 Å². The molecule has 0 aromatic carbocycles. The van der Waals surface area contributed by atoms with Crippen LogP contribution in [0.15, 0.2) is 15.8 Å². The van der Waals surface area contributed by atoms with E-state index in [1.807, 2.05) is 4.90 Å². The number of carbonyl (C=O) groups excluding carboxylic acids is 1. The van der Waals surface area contributed by atoms with Gasteiger partial charge in [-0.15, -0.1) is 0 Å². The van der Waals surface area contributed by atoms with Gasteiger partial charge in [-0.25, -0.2) is 4.79 Å². The van der Waals surface area contributed by atoms with Crippen LogP contribution in [-0.4, -0.2) is 33.4 Å². The second-order valence-corrected chi connectivity index (χ2v) is 5.77. The molecular weight excluding hydrogens is 284 g/mol. The average Bonchev–Trinajstić information content (AvgIpc) is 2.71. The van der Waals surface area contributed by atoms with Crippen LogP contribution in [0.2, 0.25) is 0 Å². The molecule has 1 aromatic heterocycles. The Morgan fingerprint density at radius 2 is 2.18 bits per heavy atom. The zero-order valence-corrected chi connectivity index (χ0v) is 12.7. The van der Waals surface area contributed by atoms with Crippen LogP contribution in [0.4, 0.5) is 0 Å². The third-order valence-corrected chi connectivity index (χ3v) is 4.07. The Balaban J connectivity index is 2.01. The highest BCUT2D eigenvalue weighted by atomic mass is 16.2. The van der Waals surface area contributed by atoms with Crippen LogP contribution in [0.5, 0.6) is 0 Å². The number of likely N-dealkylation sites (tertiary alicyclic amines) is 1. The minimum absolute atomic E-state index is 0.00528. The SMILES string of the molecule is CC1CCCN(C(=O)CCn2cc(C#N)c(=O)[nH]c2=O)CC1. The van der Waals surface area contributed by atoms with E-state index in [9.17, 15) is 14.4 Å². The topological polar surface area (TPSA) is 99.0 Å². The van der Waals surface area contributed by atoms with Crippen molar-refractivity contribution in [3.63, 3.8) is 0 Å². The molecule has 1 aliphatic rings. The predicted molar refractivity (Wildman–Crippen MR) is 80.2 cm³/mol. The van der Waals surface area contributed by atoms with E-state index in [-0.39, 0.29) is 24.4 Å². The molecule has 1 N–H and O–H groups in total. The third-order valence-electron chi connectivity index (χ3n) is 4.07. The first-order valence-electron chi connectivity index (χ1n) is 7.53. The Bertz CT molecular complexity index is 698. The van der Waals surface area contributed by atoms with Crippen LogP contribution in [0, 0.1) is 17.2 Å². The maximum atomic E-state index is 12.2. The molecule has 1 fully saturated rings. The van der Waals surface area contributed by atoms with Gasteiger partial charge in [0.05, 0.1) is 0 Å². The molecule has 1 aromatic rings. The highest BCUT2D eigenvalue weighted by molar-refractivity contribution is 5.76. The Kier molecular flexibility index (Phi) is 5.15. The zero-order valence-electron chi connectivity index (χ0n) is 12.7. The lowest BCUT2D eigenvalue weighted by Gasteiger charge is -2.20. The Labute approximate surface area is 128 Å². The number of H-pyrrole nitrogens is 1. The van der Waals surface area contributed by atoms with Crippen LogP contribution < -0.4 is 11.2 Å². The quantitative estimate of drug-likeness (QED) is 0.876. The van der Waals surface area contributed by atoms with E-state index in [0.717, 1.165) is 32.4 Å². The molecular formula is C15H20N4O3. The standard InChI is InChI=1S/C15H20N4O3/c1-11-3-2-6-18(7-4-11)13(20)5-8-19-10-12(9-16)14(21)17-15(19)22/h10-11H,2-8H2,1H3,(H,17,21,22). The van der Waals surface area contributed by atoms with Crippen molar-refractivity contribution in [1.29, 1.82) is 5.26 Å². The summed E-state index contributed by atoms with van der Waals surface area (Å²) in [5.74, 6) is 0.642. The predicted octanol–water partition coefficient (Wildman–Crippen LogP) is 0.447. The van der Waals surface area contributed by atoms with Gasteiger partial charge in [0.25, 0.3) is 5.56 Å². The number of aromatic amines is 1.